The highest BCUT2D eigenvalue weighted by atomic mass is 79.9. The number of hydrogen-bond donors (Lipinski definition) is 1. The number of alkyl halides is 1. The molecule has 0 saturated carbocycles. The second-order valence-corrected chi connectivity index (χ2v) is 4.17. The van der Waals surface area contributed by atoms with Crippen molar-refractivity contribution in [2.24, 2.45) is 5.73 Å². The van der Waals surface area contributed by atoms with Gasteiger partial charge in [-0.05, 0) is 25.1 Å². The number of rotatable bonds is 4. The zero-order chi connectivity index (χ0) is 11.4. The Morgan fingerprint density at radius 2 is 2.27 bits per heavy atom. The second-order valence-electron chi connectivity index (χ2n) is 3.31. The molecule has 15 heavy (non-hydrogen) atoms. The number of carbonyl (C=O) groups is 1. The summed E-state index contributed by atoms with van der Waals surface area (Å²) in [6.45, 7) is 1.79. The minimum atomic E-state index is -1.04. The van der Waals surface area contributed by atoms with Gasteiger partial charge in [0.15, 0.2) is 5.78 Å². The van der Waals surface area contributed by atoms with E-state index < -0.39 is 6.17 Å². The largest absolute Gasteiger partial charge is 0.330 e. The number of nitrogens with two attached hydrogens (primary N) is 1. The zero-order valence-electron chi connectivity index (χ0n) is 8.47. The molecule has 0 fully saturated rings. The predicted molar refractivity (Wildman–Crippen MR) is 61.7 cm³/mol. The molecule has 0 aromatic heterocycles. The van der Waals surface area contributed by atoms with Crippen LogP contribution in [-0.4, -0.2) is 12.3 Å². The van der Waals surface area contributed by atoms with Gasteiger partial charge in [0.05, 0.1) is 0 Å². The smallest absolute Gasteiger partial charge is 0.164 e. The molecule has 1 atom stereocenters. The van der Waals surface area contributed by atoms with Crippen LogP contribution in [0.4, 0.5) is 4.39 Å². The summed E-state index contributed by atoms with van der Waals surface area (Å²) in [5.41, 5.74) is 6.41. The lowest BCUT2D eigenvalue weighted by molar-refractivity contribution is 0.0985. The average Bonchev–Trinajstić information content (AvgIpc) is 2.17. The van der Waals surface area contributed by atoms with Crippen molar-refractivity contribution in [1.82, 2.24) is 0 Å². The molecule has 1 rings (SSSR count). The number of ketones is 1. The van der Waals surface area contributed by atoms with Crippen LogP contribution in [-0.2, 0) is 0 Å². The van der Waals surface area contributed by atoms with Crippen LogP contribution < -0.4 is 5.73 Å². The van der Waals surface area contributed by atoms with Crippen LogP contribution in [0.25, 0.3) is 0 Å². The number of Topliss-reactive ketones (excluding diaryl/α,β-unsaturated/α-hetero) is 1. The van der Waals surface area contributed by atoms with Crippen molar-refractivity contribution < 1.29 is 9.18 Å². The van der Waals surface area contributed by atoms with Crippen molar-refractivity contribution in [2.75, 3.05) is 6.54 Å². The van der Waals surface area contributed by atoms with Crippen LogP contribution in [0.1, 0.15) is 35.4 Å². The molecule has 0 heterocycles. The van der Waals surface area contributed by atoms with E-state index in [-0.39, 0.29) is 5.78 Å². The Hall–Kier alpha value is -0.740. The molecule has 0 radical (unpaired) electrons. The van der Waals surface area contributed by atoms with Crippen LogP contribution in [0.3, 0.4) is 0 Å². The monoisotopic (exact) mass is 273 g/mol. The summed E-state index contributed by atoms with van der Waals surface area (Å²) in [6, 6.07) is 4.90. The maximum absolute atomic E-state index is 13.0. The summed E-state index contributed by atoms with van der Waals surface area (Å²) < 4.78 is 13.7. The van der Waals surface area contributed by atoms with Crippen LogP contribution in [0, 0.1) is 0 Å². The first kappa shape index (κ1) is 12.3. The molecule has 1 unspecified atom stereocenters. The minimum absolute atomic E-state index is 0.0174. The Kier molecular flexibility index (Phi) is 4.42. The van der Waals surface area contributed by atoms with E-state index in [4.69, 9.17) is 5.73 Å². The van der Waals surface area contributed by atoms with E-state index >= 15 is 0 Å². The molecule has 0 amide bonds. The maximum atomic E-state index is 13.0. The molecule has 1 aromatic rings. The fourth-order valence-electron chi connectivity index (χ4n) is 1.30. The Balaban J connectivity index is 2.96. The van der Waals surface area contributed by atoms with Gasteiger partial charge in [0, 0.05) is 16.5 Å². The van der Waals surface area contributed by atoms with Gasteiger partial charge in [0.2, 0.25) is 0 Å². The maximum Gasteiger partial charge on any atom is 0.164 e. The summed E-state index contributed by atoms with van der Waals surface area (Å²) in [5, 5.41) is 0. The van der Waals surface area contributed by atoms with Crippen LogP contribution in [0.15, 0.2) is 22.7 Å². The van der Waals surface area contributed by atoms with E-state index in [1.54, 1.807) is 18.2 Å². The highest BCUT2D eigenvalue weighted by molar-refractivity contribution is 9.10. The summed E-state index contributed by atoms with van der Waals surface area (Å²) in [6.07, 6.45) is -0.727. The lowest BCUT2D eigenvalue weighted by atomic mass is 10.0. The summed E-state index contributed by atoms with van der Waals surface area (Å²) in [5.74, 6) is -0.0174. The summed E-state index contributed by atoms with van der Waals surface area (Å²) >= 11 is 3.24. The molecule has 0 aliphatic heterocycles. The second kappa shape index (κ2) is 5.37. The Morgan fingerprint density at radius 1 is 1.60 bits per heavy atom. The van der Waals surface area contributed by atoms with Gasteiger partial charge in [0.25, 0.3) is 0 Å². The first-order valence-corrected chi connectivity index (χ1v) is 5.52. The Labute approximate surface area is 96.8 Å². The Bertz CT molecular complexity index is 366. The van der Waals surface area contributed by atoms with Gasteiger partial charge >= 0.3 is 0 Å². The number of hydrogen-bond acceptors (Lipinski definition) is 2. The van der Waals surface area contributed by atoms with Gasteiger partial charge in [0.1, 0.15) is 6.17 Å². The van der Waals surface area contributed by atoms with Gasteiger partial charge in [-0.3, -0.25) is 4.79 Å². The van der Waals surface area contributed by atoms with Crippen LogP contribution >= 0.6 is 15.9 Å². The van der Waals surface area contributed by atoms with E-state index in [1.807, 2.05) is 0 Å². The van der Waals surface area contributed by atoms with Crippen molar-refractivity contribution in [3.05, 3.63) is 33.8 Å². The molecule has 2 N–H and O–H groups in total. The first-order valence-electron chi connectivity index (χ1n) is 4.73. The molecule has 0 bridgehead atoms. The van der Waals surface area contributed by atoms with Gasteiger partial charge in [-0.15, -0.1) is 0 Å². The van der Waals surface area contributed by atoms with Crippen molar-refractivity contribution >= 4 is 21.7 Å². The average molecular weight is 274 g/mol. The molecule has 0 saturated heterocycles. The van der Waals surface area contributed by atoms with E-state index in [0.29, 0.717) is 28.6 Å². The van der Waals surface area contributed by atoms with E-state index in [9.17, 15) is 9.18 Å². The fraction of sp³-hybridized carbons (Fsp3) is 0.364. The third-order valence-electron chi connectivity index (χ3n) is 2.12. The SMILES string of the molecule is CC(F)c1ccc(C(=O)CCN)cc1Br. The van der Waals surface area contributed by atoms with Crippen LogP contribution in [0.2, 0.25) is 0 Å². The van der Waals surface area contributed by atoms with Crippen molar-refractivity contribution in [3.8, 4) is 0 Å². The van der Waals surface area contributed by atoms with Crippen LogP contribution in [0.5, 0.6) is 0 Å². The fourth-order valence-corrected chi connectivity index (χ4v) is 1.99. The molecular weight excluding hydrogens is 261 g/mol. The highest BCUT2D eigenvalue weighted by Crippen LogP contribution is 2.27. The predicted octanol–water partition coefficient (Wildman–Crippen LogP) is 3.01. The number of carbonyl (C=O) groups excluding carboxylic acids is 1. The molecule has 4 heteroatoms. The molecular formula is C11H13BrFNO. The van der Waals surface area contributed by atoms with Crippen molar-refractivity contribution in [1.29, 1.82) is 0 Å². The quantitative estimate of drug-likeness (QED) is 0.857. The first-order chi connectivity index (χ1) is 7.06. The zero-order valence-corrected chi connectivity index (χ0v) is 10.1. The molecule has 82 valence electrons. The van der Waals surface area contributed by atoms with E-state index in [1.165, 1.54) is 6.92 Å². The normalized spacial score (nSPS) is 12.5. The standard InChI is InChI=1S/C11H13BrFNO/c1-7(13)9-3-2-8(6-10(9)12)11(15)4-5-14/h2-3,6-7H,4-5,14H2,1H3. The van der Waals surface area contributed by atoms with Crippen molar-refractivity contribution in [3.63, 3.8) is 0 Å². The van der Waals surface area contributed by atoms with Gasteiger partial charge in [-0.2, -0.15) is 0 Å². The molecule has 2 nitrogen and oxygen atoms in total. The molecule has 1 aromatic carbocycles. The lowest BCUT2D eigenvalue weighted by Gasteiger charge is -2.07. The van der Waals surface area contributed by atoms with E-state index in [2.05, 4.69) is 15.9 Å². The highest BCUT2D eigenvalue weighted by Gasteiger charge is 2.11. The van der Waals surface area contributed by atoms with Gasteiger partial charge < -0.3 is 5.73 Å². The van der Waals surface area contributed by atoms with Gasteiger partial charge in [-0.1, -0.05) is 28.1 Å². The summed E-state index contributed by atoms with van der Waals surface area (Å²) in [7, 11) is 0. The van der Waals surface area contributed by atoms with Crippen molar-refractivity contribution in [2.45, 2.75) is 19.5 Å². The summed E-state index contributed by atoms with van der Waals surface area (Å²) in [4.78, 5) is 11.5. The molecule has 0 aliphatic carbocycles. The molecule has 0 aliphatic rings. The lowest BCUT2D eigenvalue weighted by Crippen LogP contribution is -2.08. The molecule has 0 spiro atoms. The third kappa shape index (κ3) is 3.11. The third-order valence-corrected chi connectivity index (χ3v) is 2.81. The minimum Gasteiger partial charge on any atom is -0.330 e. The number of benzene rings is 1. The van der Waals surface area contributed by atoms with Gasteiger partial charge in [-0.25, -0.2) is 4.39 Å². The topological polar surface area (TPSA) is 43.1 Å². The number of halogens is 2. The van der Waals surface area contributed by atoms with E-state index in [0.717, 1.165) is 0 Å². The Morgan fingerprint density at radius 3 is 2.73 bits per heavy atom.